The molecule has 0 radical (unpaired) electrons. The molecule has 0 spiro atoms. The van der Waals surface area contributed by atoms with Crippen molar-refractivity contribution in [1.29, 1.82) is 0 Å². The molecule has 94 valence electrons. The molecule has 0 aromatic carbocycles. The molecule has 1 aliphatic heterocycles. The molecule has 0 saturated carbocycles. The van der Waals surface area contributed by atoms with Gasteiger partial charge in [0.05, 0.1) is 5.92 Å². The average Bonchev–Trinajstić information content (AvgIpc) is 2.68. The van der Waals surface area contributed by atoms with Gasteiger partial charge in [-0.1, -0.05) is 13.8 Å². The zero-order chi connectivity index (χ0) is 12.0. The molecule has 4 heteroatoms. The smallest absolute Gasteiger partial charge is 0.307 e. The van der Waals surface area contributed by atoms with Crippen LogP contribution in [0, 0.1) is 17.8 Å². The number of nitrogens with one attached hydrogen (secondary N) is 1. The largest absolute Gasteiger partial charge is 0.481 e. The molecule has 0 aliphatic carbocycles. The second-order valence-electron chi connectivity index (χ2n) is 5.05. The van der Waals surface area contributed by atoms with Crippen molar-refractivity contribution in [3.63, 3.8) is 0 Å². The van der Waals surface area contributed by atoms with E-state index in [0.717, 1.165) is 18.9 Å². The number of rotatable bonds is 7. The van der Waals surface area contributed by atoms with Crippen LogP contribution >= 0.6 is 11.8 Å². The molecule has 1 heterocycles. The lowest BCUT2D eigenvalue weighted by molar-refractivity contribution is -0.142. The monoisotopic (exact) mass is 245 g/mol. The van der Waals surface area contributed by atoms with Gasteiger partial charge in [0.15, 0.2) is 0 Å². The van der Waals surface area contributed by atoms with E-state index >= 15 is 0 Å². The van der Waals surface area contributed by atoms with Crippen molar-refractivity contribution in [2.75, 3.05) is 24.6 Å². The van der Waals surface area contributed by atoms with E-state index in [4.69, 9.17) is 5.11 Å². The number of carboxylic acid groups (broad SMARTS) is 1. The van der Waals surface area contributed by atoms with Crippen LogP contribution < -0.4 is 5.32 Å². The van der Waals surface area contributed by atoms with Crippen LogP contribution in [0.1, 0.15) is 26.7 Å². The van der Waals surface area contributed by atoms with Gasteiger partial charge < -0.3 is 10.4 Å². The first-order chi connectivity index (χ1) is 7.59. The van der Waals surface area contributed by atoms with Crippen molar-refractivity contribution in [3.05, 3.63) is 0 Å². The zero-order valence-corrected chi connectivity index (χ0v) is 11.1. The number of hydrogen-bond donors (Lipinski definition) is 2. The normalized spacial score (nSPS) is 22.6. The molecular formula is C12H23NO2S. The lowest BCUT2D eigenvalue weighted by atomic mass is 9.97. The summed E-state index contributed by atoms with van der Waals surface area (Å²) < 4.78 is 0. The summed E-state index contributed by atoms with van der Waals surface area (Å²) in [4.78, 5) is 11.0. The van der Waals surface area contributed by atoms with E-state index in [9.17, 15) is 4.79 Å². The molecule has 1 aliphatic rings. The lowest BCUT2D eigenvalue weighted by Gasteiger charge is -2.17. The van der Waals surface area contributed by atoms with Crippen molar-refractivity contribution in [1.82, 2.24) is 5.32 Å². The van der Waals surface area contributed by atoms with E-state index in [1.807, 2.05) is 11.8 Å². The quantitative estimate of drug-likeness (QED) is 0.721. The number of hydrogen-bond acceptors (Lipinski definition) is 3. The minimum absolute atomic E-state index is 0.228. The van der Waals surface area contributed by atoms with Crippen molar-refractivity contribution in [3.8, 4) is 0 Å². The van der Waals surface area contributed by atoms with Gasteiger partial charge in [-0.05, 0) is 42.7 Å². The van der Waals surface area contributed by atoms with Gasteiger partial charge in [-0.15, -0.1) is 0 Å². The summed E-state index contributed by atoms with van der Waals surface area (Å²) in [5, 5.41) is 12.4. The number of carboxylic acids is 1. The predicted octanol–water partition coefficient (Wildman–Crippen LogP) is 2.08. The Morgan fingerprint density at radius 1 is 1.56 bits per heavy atom. The number of thioether (sulfide) groups is 1. The van der Waals surface area contributed by atoms with Crippen LogP contribution in [0.5, 0.6) is 0 Å². The Labute approximate surface area is 102 Å². The van der Waals surface area contributed by atoms with Gasteiger partial charge in [0, 0.05) is 6.54 Å². The summed E-state index contributed by atoms with van der Waals surface area (Å²) in [6.07, 6.45) is 2.04. The van der Waals surface area contributed by atoms with Gasteiger partial charge in [-0.2, -0.15) is 11.8 Å². The van der Waals surface area contributed by atoms with Crippen LogP contribution in [-0.2, 0) is 4.79 Å². The summed E-state index contributed by atoms with van der Waals surface area (Å²) in [6, 6.07) is 0. The molecule has 0 aromatic heterocycles. The standard InChI is InChI=1S/C12H23NO2S/c1-9(2)5-11(12(14)15)7-13-6-10-3-4-16-8-10/h9-11,13H,3-8H2,1-2H3,(H,14,15). The molecule has 2 N–H and O–H groups in total. The Morgan fingerprint density at radius 3 is 2.81 bits per heavy atom. The molecule has 0 aromatic rings. The van der Waals surface area contributed by atoms with Gasteiger partial charge in [-0.25, -0.2) is 0 Å². The summed E-state index contributed by atoms with van der Waals surface area (Å²) in [5.41, 5.74) is 0. The van der Waals surface area contributed by atoms with Gasteiger partial charge in [0.2, 0.25) is 0 Å². The van der Waals surface area contributed by atoms with Crippen LogP contribution in [0.3, 0.4) is 0 Å². The Hall–Kier alpha value is -0.220. The molecule has 0 bridgehead atoms. The Kier molecular flexibility index (Phi) is 6.21. The molecule has 1 rings (SSSR count). The summed E-state index contributed by atoms with van der Waals surface area (Å²) in [6.45, 7) is 5.75. The molecule has 3 nitrogen and oxygen atoms in total. The van der Waals surface area contributed by atoms with Crippen LogP contribution in [0.2, 0.25) is 0 Å². The van der Waals surface area contributed by atoms with Crippen molar-refractivity contribution in [2.45, 2.75) is 26.7 Å². The molecule has 0 amide bonds. The zero-order valence-electron chi connectivity index (χ0n) is 10.2. The van der Waals surface area contributed by atoms with Crippen molar-refractivity contribution in [2.24, 2.45) is 17.8 Å². The minimum atomic E-state index is -0.665. The van der Waals surface area contributed by atoms with Gasteiger partial charge in [-0.3, -0.25) is 4.79 Å². The highest BCUT2D eigenvalue weighted by Gasteiger charge is 2.20. The molecule has 16 heavy (non-hydrogen) atoms. The first-order valence-corrected chi connectivity index (χ1v) is 7.26. The topological polar surface area (TPSA) is 49.3 Å². The number of aliphatic carboxylic acids is 1. The third-order valence-corrected chi connectivity index (χ3v) is 4.18. The Morgan fingerprint density at radius 2 is 2.31 bits per heavy atom. The molecule has 1 saturated heterocycles. The fourth-order valence-electron chi connectivity index (χ4n) is 2.05. The molecular weight excluding hydrogens is 222 g/mol. The summed E-state index contributed by atoms with van der Waals surface area (Å²) in [7, 11) is 0. The maximum Gasteiger partial charge on any atom is 0.307 e. The molecule has 2 atom stereocenters. The van der Waals surface area contributed by atoms with Gasteiger partial charge in [0.25, 0.3) is 0 Å². The van der Waals surface area contributed by atoms with E-state index in [0.29, 0.717) is 12.5 Å². The maximum atomic E-state index is 11.0. The molecule has 1 fully saturated rings. The van der Waals surface area contributed by atoms with E-state index in [-0.39, 0.29) is 5.92 Å². The highest BCUT2D eigenvalue weighted by Crippen LogP contribution is 2.22. The van der Waals surface area contributed by atoms with Gasteiger partial charge >= 0.3 is 5.97 Å². The second-order valence-corrected chi connectivity index (χ2v) is 6.20. The van der Waals surface area contributed by atoms with E-state index in [2.05, 4.69) is 19.2 Å². The van der Waals surface area contributed by atoms with Crippen LogP contribution in [0.15, 0.2) is 0 Å². The van der Waals surface area contributed by atoms with E-state index in [1.54, 1.807) is 0 Å². The number of carbonyl (C=O) groups is 1. The predicted molar refractivity (Wildman–Crippen MR) is 68.9 cm³/mol. The highest BCUT2D eigenvalue weighted by molar-refractivity contribution is 7.99. The van der Waals surface area contributed by atoms with E-state index in [1.165, 1.54) is 17.9 Å². The average molecular weight is 245 g/mol. The minimum Gasteiger partial charge on any atom is -0.481 e. The third-order valence-electron chi connectivity index (χ3n) is 2.95. The van der Waals surface area contributed by atoms with Crippen molar-refractivity contribution < 1.29 is 9.90 Å². The second kappa shape index (κ2) is 7.17. The summed E-state index contributed by atoms with van der Waals surface area (Å²) >= 11 is 2.00. The highest BCUT2D eigenvalue weighted by atomic mass is 32.2. The third kappa shape index (κ3) is 5.21. The lowest BCUT2D eigenvalue weighted by Crippen LogP contribution is -2.32. The van der Waals surface area contributed by atoms with Crippen LogP contribution in [0.25, 0.3) is 0 Å². The fourth-order valence-corrected chi connectivity index (χ4v) is 3.33. The molecule has 2 unspecified atom stereocenters. The van der Waals surface area contributed by atoms with Crippen LogP contribution in [-0.4, -0.2) is 35.7 Å². The van der Waals surface area contributed by atoms with Gasteiger partial charge in [0.1, 0.15) is 0 Å². The van der Waals surface area contributed by atoms with E-state index < -0.39 is 5.97 Å². The Balaban J connectivity index is 2.18. The summed E-state index contributed by atoms with van der Waals surface area (Å²) in [5.74, 6) is 2.80. The Bertz CT molecular complexity index is 215. The SMILES string of the molecule is CC(C)CC(CNCC1CCSC1)C(=O)O. The first-order valence-electron chi connectivity index (χ1n) is 6.11. The maximum absolute atomic E-state index is 11.0. The fraction of sp³-hybridized carbons (Fsp3) is 0.917. The first kappa shape index (κ1) is 13.8. The van der Waals surface area contributed by atoms with Crippen molar-refractivity contribution >= 4 is 17.7 Å². The van der Waals surface area contributed by atoms with Crippen LogP contribution in [0.4, 0.5) is 0 Å².